The van der Waals surface area contributed by atoms with E-state index in [0.717, 1.165) is 25.7 Å². The molecule has 1 fully saturated rings. The number of nitrogens with one attached hydrogen (secondary N) is 2. The van der Waals surface area contributed by atoms with Crippen molar-refractivity contribution in [1.82, 2.24) is 19.8 Å². The van der Waals surface area contributed by atoms with E-state index < -0.39 is 5.69 Å². The highest BCUT2D eigenvalue weighted by atomic mass is 16.3. The van der Waals surface area contributed by atoms with Gasteiger partial charge in [-0.25, -0.2) is 4.79 Å². The average Bonchev–Trinajstić information content (AvgIpc) is 3.39. The number of hydrogen-bond acceptors (Lipinski definition) is 5. The monoisotopic (exact) mass is 480 g/mol. The molecule has 0 saturated heterocycles. The first kappa shape index (κ1) is 24.5. The highest BCUT2D eigenvalue weighted by molar-refractivity contribution is 5.81. The molecule has 0 spiro atoms. The SMILES string of the molecule is O=C(Cn1c(=O)n(CCCCC(=O)NC2CCCCC2)c(=O)c2ccccc21)NCc1ccco1. The predicted molar refractivity (Wildman–Crippen MR) is 132 cm³/mol. The highest BCUT2D eigenvalue weighted by Gasteiger charge is 2.17. The number of carbonyl (C=O) groups is 2. The van der Waals surface area contributed by atoms with Crippen LogP contribution >= 0.6 is 0 Å². The molecule has 9 heteroatoms. The molecule has 1 saturated carbocycles. The molecule has 186 valence electrons. The van der Waals surface area contributed by atoms with Crippen molar-refractivity contribution in [2.45, 2.75) is 77.0 Å². The summed E-state index contributed by atoms with van der Waals surface area (Å²) in [5.41, 5.74) is -0.503. The maximum absolute atomic E-state index is 13.2. The summed E-state index contributed by atoms with van der Waals surface area (Å²) in [4.78, 5) is 51.0. The van der Waals surface area contributed by atoms with Crippen LogP contribution in [0, 0.1) is 0 Å². The molecule has 4 rings (SSSR count). The zero-order valence-electron chi connectivity index (χ0n) is 19.8. The number of rotatable bonds is 10. The predicted octanol–water partition coefficient (Wildman–Crippen LogP) is 2.69. The number of aromatic nitrogens is 2. The molecule has 2 heterocycles. The van der Waals surface area contributed by atoms with Crippen molar-refractivity contribution in [2.75, 3.05) is 0 Å². The maximum Gasteiger partial charge on any atom is 0.331 e. The van der Waals surface area contributed by atoms with Crippen molar-refractivity contribution in [1.29, 1.82) is 0 Å². The summed E-state index contributed by atoms with van der Waals surface area (Å²) in [5, 5.41) is 6.20. The van der Waals surface area contributed by atoms with Crippen molar-refractivity contribution in [3.05, 3.63) is 69.3 Å². The first-order valence-electron chi connectivity index (χ1n) is 12.3. The van der Waals surface area contributed by atoms with Crippen molar-refractivity contribution >= 4 is 22.7 Å². The molecule has 0 atom stereocenters. The fraction of sp³-hybridized carbons (Fsp3) is 0.462. The Balaban J connectivity index is 1.41. The Kier molecular flexibility index (Phi) is 8.18. The van der Waals surface area contributed by atoms with Crippen LogP contribution in [0.1, 0.15) is 57.1 Å². The van der Waals surface area contributed by atoms with Crippen LogP contribution < -0.4 is 21.9 Å². The third-order valence-corrected chi connectivity index (χ3v) is 6.48. The summed E-state index contributed by atoms with van der Waals surface area (Å²) in [5.74, 6) is 0.264. The molecule has 0 bridgehead atoms. The van der Waals surface area contributed by atoms with Gasteiger partial charge in [0.05, 0.1) is 23.7 Å². The summed E-state index contributed by atoms with van der Waals surface area (Å²) in [7, 11) is 0. The van der Waals surface area contributed by atoms with Crippen LogP contribution in [0.15, 0.2) is 56.7 Å². The molecule has 2 amide bonds. The van der Waals surface area contributed by atoms with E-state index in [1.54, 1.807) is 36.4 Å². The van der Waals surface area contributed by atoms with Gasteiger partial charge in [0.15, 0.2) is 0 Å². The normalized spacial score (nSPS) is 14.2. The number of benzene rings is 1. The Morgan fingerprint density at radius 2 is 1.74 bits per heavy atom. The van der Waals surface area contributed by atoms with Gasteiger partial charge in [0.1, 0.15) is 12.3 Å². The second-order valence-electron chi connectivity index (χ2n) is 9.06. The number of hydrogen-bond donors (Lipinski definition) is 2. The highest BCUT2D eigenvalue weighted by Crippen LogP contribution is 2.17. The number of para-hydroxylation sites is 1. The summed E-state index contributed by atoms with van der Waals surface area (Å²) in [6.45, 7) is 0.179. The Morgan fingerprint density at radius 1 is 0.943 bits per heavy atom. The zero-order chi connectivity index (χ0) is 24.6. The molecule has 2 aromatic heterocycles. The van der Waals surface area contributed by atoms with Gasteiger partial charge in [-0.3, -0.25) is 23.5 Å². The largest absolute Gasteiger partial charge is 0.467 e. The molecular weight excluding hydrogens is 448 g/mol. The van der Waals surface area contributed by atoms with E-state index >= 15 is 0 Å². The minimum atomic E-state index is -0.534. The molecule has 0 radical (unpaired) electrons. The van der Waals surface area contributed by atoms with Gasteiger partial charge in [0.2, 0.25) is 11.8 Å². The Morgan fingerprint density at radius 3 is 2.51 bits per heavy atom. The number of fused-ring (bicyclic) bond motifs is 1. The number of carbonyl (C=O) groups excluding carboxylic acids is 2. The summed E-state index contributed by atoms with van der Waals surface area (Å²) in [6, 6.07) is 10.5. The van der Waals surface area contributed by atoms with Crippen molar-refractivity contribution in [2.24, 2.45) is 0 Å². The van der Waals surface area contributed by atoms with Gasteiger partial charge in [0, 0.05) is 19.0 Å². The number of amides is 2. The van der Waals surface area contributed by atoms with Gasteiger partial charge < -0.3 is 15.1 Å². The fourth-order valence-corrected chi connectivity index (χ4v) is 4.62. The molecule has 9 nitrogen and oxygen atoms in total. The van der Waals surface area contributed by atoms with Crippen LogP contribution in [0.2, 0.25) is 0 Å². The number of furan rings is 1. The molecule has 2 N–H and O–H groups in total. The standard InChI is InChI=1S/C26H32N4O5/c31-23(28-19-9-2-1-3-10-19)14-6-7-15-29-25(33)21-12-4-5-13-22(21)30(26(29)34)18-24(32)27-17-20-11-8-16-35-20/h4-5,8,11-13,16,19H,1-3,6-7,9-10,14-15,17-18H2,(H,27,32)(H,28,31). The Labute approximate surface area is 203 Å². The fourth-order valence-electron chi connectivity index (χ4n) is 4.62. The van der Waals surface area contributed by atoms with Crippen molar-refractivity contribution < 1.29 is 14.0 Å². The molecule has 1 aliphatic carbocycles. The summed E-state index contributed by atoms with van der Waals surface area (Å²) in [6.07, 6.45) is 8.58. The van der Waals surface area contributed by atoms with E-state index in [9.17, 15) is 19.2 Å². The van der Waals surface area contributed by atoms with E-state index in [4.69, 9.17) is 4.42 Å². The molecule has 3 aromatic rings. The van der Waals surface area contributed by atoms with Crippen molar-refractivity contribution in [3.8, 4) is 0 Å². The van der Waals surface area contributed by atoms with Gasteiger partial charge in [-0.1, -0.05) is 31.4 Å². The minimum Gasteiger partial charge on any atom is -0.467 e. The van der Waals surface area contributed by atoms with Gasteiger partial charge in [-0.2, -0.15) is 0 Å². The lowest BCUT2D eigenvalue weighted by Gasteiger charge is -2.22. The molecular formula is C26H32N4O5. The number of unbranched alkanes of at least 4 members (excludes halogenated alkanes) is 1. The Bertz CT molecular complexity index is 1270. The second-order valence-corrected chi connectivity index (χ2v) is 9.06. The van der Waals surface area contributed by atoms with Gasteiger partial charge in [0.25, 0.3) is 5.56 Å². The molecule has 0 unspecified atom stereocenters. The number of nitrogens with zero attached hydrogens (tertiary/aromatic N) is 2. The van der Waals surface area contributed by atoms with Crippen LogP contribution in [0.4, 0.5) is 0 Å². The Hall–Kier alpha value is -3.62. The van der Waals surface area contributed by atoms with E-state index in [2.05, 4.69) is 10.6 Å². The van der Waals surface area contributed by atoms with Crippen molar-refractivity contribution in [3.63, 3.8) is 0 Å². The van der Waals surface area contributed by atoms with Crippen LogP contribution in [0.3, 0.4) is 0 Å². The van der Waals surface area contributed by atoms with Crippen LogP contribution in [0.25, 0.3) is 10.9 Å². The topological polar surface area (TPSA) is 115 Å². The van der Waals surface area contributed by atoms with Gasteiger partial charge >= 0.3 is 5.69 Å². The van der Waals surface area contributed by atoms with Crippen LogP contribution in [-0.4, -0.2) is 27.0 Å². The zero-order valence-corrected chi connectivity index (χ0v) is 19.8. The van der Waals surface area contributed by atoms with Crippen LogP contribution in [0.5, 0.6) is 0 Å². The summed E-state index contributed by atoms with van der Waals surface area (Å²) < 4.78 is 7.71. The van der Waals surface area contributed by atoms with Crippen LogP contribution in [-0.2, 0) is 29.2 Å². The van der Waals surface area contributed by atoms with Gasteiger partial charge in [-0.05, 0) is 49.9 Å². The molecule has 1 aliphatic rings. The van der Waals surface area contributed by atoms with E-state index in [-0.39, 0.29) is 43.0 Å². The quantitative estimate of drug-likeness (QED) is 0.433. The second kappa shape index (κ2) is 11.7. The lowest BCUT2D eigenvalue weighted by molar-refractivity contribution is -0.122. The first-order chi connectivity index (χ1) is 17.0. The smallest absolute Gasteiger partial charge is 0.331 e. The molecule has 0 aliphatic heterocycles. The van der Waals surface area contributed by atoms with Gasteiger partial charge in [-0.15, -0.1) is 0 Å². The first-order valence-corrected chi connectivity index (χ1v) is 12.3. The molecule has 1 aromatic carbocycles. The molecule has 35 heavy (non-hydrogen) atoms. The summed E-state index contributed by atoms with van der Waals surface area (Å²) >= 11 is 0. The lowest BCUT2D eigenvalue weighted by Crippen LogP contribution is -2.42. The minimum absolute atomic E-state index is 0.0217. The van der Waals surface area contributed by atoms with E-state index in [1.807, 2.05) is 0 Å². The van der Waals surface area contributed by atoms with E-state index in [0.29, 0.717) is 35.9 Å². The average molecular weight is 481 g/mol. The third-order valence-electron chi connectivity index (χ3n) is 6.48. The maximum atomic E-state index is 13.2. The lowest BCUT2D eigenvalue weighted by atomic mass is 9.95. The van der Waals surface area contributed by atoms with E-state index in [1.165, 1.54) is 21.8 Å². The third kappa shape index (κ3) is 6.29.